The predicted molar refractivity (Wildman–Crippen MR) is 55.1 cm³/mol. The molecular weight excluding hydrogens is 162 g/mol. The van der Waals surface area contributed by atoms with E-state index in [1.807, 2.05) is 0 Å². The molecule has 0 saturated heterocycles. The number of carbonyl (C=O) groups is 1. The maximum atomic E-state index is 11.2. The van der Waals surface area contributed by atoms with Crippen LogP contribution in [0.4, 0.5) is 0 Å². The van der Waals surface area contributed by atoms with E-state index in [9.17, 15) is 4.79 Å². The van der Waals surface area contributed by atoms with Crippen LogP contribution in [0.25, 0.3) is 0 Å². The van der Waals surface area contributed by atoms with Crippen molar-refractivity contribution in [1.82, 2.24) is 0 Å². The highest BCUT2D eigenvalue weighted by Gasteiger charge is 2.04. The third-order valence-electron chi connectivity index (χ3n) is 2.10. The predicted octanol–water partition coefficient (Wildman–Crippen LogP) is 1.73. The van der Waals surface area contributed by atoms with Gasteiger partial charge in [0.05, 0.1) is 0 Å². The molecule has 1 unspecified atom stereocenters. The highest BCUT2D eigenvalue weighted by Crippen LogP contribution is 2.07. The van der Waals surface area contributed by atoms with Crippen LogP contribution in [0, 0.1) is 18.3 Å². The van der Waals surface area contributed by atoms with Gasteiger partial charge >= 0.3 is 0 Å². The Labute approximate surface area is 80.9 Å². The molecular formula is C11H19NO. The van der Waals surface area contributed by atoms with Crippen LogP contribution >= 0.6 is 0 Å². The van der Waals surface area contributed by atoms with Gasteiger partial charge in [-0.3, -0.25) is 4.79 Å². The maximum Gasteiger partial charge on any atom is 0.132 e. The number of hydrogen-bond donors (Lipinski definition) is 1. The molecule has 0 aliphatic heterocycles. The van der Waals surface area contributed by atoms with Crippen LogP contribution in [0.2, 0.25) is 0 Å². The standard InChI is InChI=1S/C11H19NO/c1-3-4-5-6-11(13)8-7-10(2)9-12/h1,10H,4-9,12H2,2H3. The zero-order chi connectivity index (χ0) is 10.1. The molecule has 0 aromatic carbocycles. The fourth-order valence-corrected chi connectivity index (χ4v) is 1.04. The quantitative estimate of drug-likeness (QED) is 0.480. The minimum atomic E-state index is 0.315. The second-order valence-corrected chi connectivity index (χ2v) is 3.48. The first-order valence-electron chi connectivity index (χ1n) is 4.86. The van der Waals surface area contributed by atoms with Crippen molar-refractivity contribution in [2.24, 2.45) is 11.7 Å². The van der Waals surface area contributed by atoms with Crippen LogP contribution < -0.4 is 5.73 Å². The van der Waals surface area contributed by atoms with Gasteiger partial charge < -0.3 is 5.73 Å². The van der Waals surface area contributed by atoms with Crippen LogP contribution in [0.15, 0.2) is 0 Å². The highest BCUT2D eigenvalue weighted by atomic mass is 16.1. The van der Waals surface area contributed by atoms with Gasteiger partial charge in [-0.2, -0.15) is 0 Å². The normalized spacial score (nSPS) is 12.1. The average Bonchev–Trinajstić information content (AvgIpc) is 2.14. The molecule has 0 aliphatic carbocycles. The lowest BCUT2D eigenvalue weighted by molar-refractivity contribution is -0.119. The topological polar surface area (TPSA) is 43.1 Å². The van der Waals surface area contributed by atoms with E-state index in [0.717, 1.165) is 12.8 Å². The zero-order valence-electron chi connectivity index (χ0n) is 8.38. The Morgan fingerprint density at radius 2 is 2.23 bits per heavy atom. The number of hydrogen-bond acceptors (Lipinski definition) is 2. The summed E-state index contributed by atoms with van der Waals surface area (Å²) in [6, 6.07) is 0. The summed E-state index contributed by atoms with van der Waals surface area (Å²) in [5.74, 6) is 3.30. The fraction of sp³-hybridized carbons (Fsp3) is 0.727. The Morgan fingerprint density at radius 1 is 1.54 bits per heavy atom. The Kier molecular flexibility index (Phi) is 7.33. The molecule has 0 amide bonds. The lowest BCUT2D eigenvalue weighted by atomic mass is 10.0. The van der Waals surface area contributed by atoms with Crippen molar-refractivity contribution >= 4 is 5.78 Å². The lowest BCUT2D eigenvalue weighted by Gasteiger charge is -2.06. The van der Waals surface area contributed by atoms with E-state index in [4.69, 9.17) is 12.2 Å². The van der Waals surface area contributed by atoms with E-state index in [2.05, 4.69) is 12.8 Å². The van der Waals surface area contributed by atoms with Crippen molar-refractivity contribution in [3.63, 3.8) is 0 Å². The number of nitrogens with two attached hydrogens (primary N) is 1. The lowest BCUT2D eigenvalue weighted by Crippen LogP contribution is -2.12. The van der Waals surface area contributed by atoms with Crippen molar-refractivity contribution in [1.29, 1.82) is 0 Å². The minimum absolute atomic E-state index is 0.315. The molecule has 13 heavy (non-hydrogen) atoms. The Balaban J connectivity index is 3.36. The van der Waals surface area contributed by atoms with E-state index in [1.165, 1.54) is 0 Å². The number of carbonyl (C=O) groups excluding carboxylic acids is 1. The largest absolute Gasteiger partial charge is 0.330 e. The first kappa shape index (κ1) is 12.2. The number of Topliss-reactive ketones (excluding diaryl/α,β-unsaturated/α-hetero) is 1. The molecule has 0 spiro atoms. The molecule has 0 heterocycles. The minimum Gasteiger partial charge on any atom is -0.330 e. The summed E-state index contributed by atoms with van der Waals surface area (Å²) in [5.41, 5.74) is 5.44. The Morgan fingerprint density at radius 3 is 2.77 bits per heavy atom. The third kappa shape index (κ3) is 7.55. The number of ketones is 1. The summed E-state index contributed by atoms with van der Waals surface area (Å²) in [6.45, 7) is 2.73. The monoisotopic (exact) mass is 181 g/mol. The Bertz CT molecular complexity index is 181. The molecule has 1 atom stereocenters. The van der Waals surface area contributed by atoms with E-state index >= 15 is 0 Å². The molecule has 0 saturated carbocycles. The van der Waals surface area contributed by atoms with Gasteiger partial charge in [0.2, 0.25) is 0 Å². The number of terminal acetylenes is 1. The molecule has 0 rings (SSSR count). The van der Waals surface area contributed by atoms with Crippen LogP contribution in [-0.4, -0.2) is 12.3 Å². The zero-order valence-corrected chi connectivity index (χ0v) is 8.38. The van der Waals surface area contributed by atoms with Gasteiger partial charge in [-0.1, -0.05) is 6.92 Å². The summed E-state index contributed by atoms with van der Waals surface area (Å²) in [5, 5.41) is 0. The van der Waals surface area contributed by atoms with Crippen molar-refractivity contribution in [3.8, 4) is 12.3 Å². The summed E-state index contributed by atoms with van der Waals surface area (Å²) in [6.07, 6.45) is 8.80. The van der Waals surface area contributed by atoms with Crippen molar-refractivity contribution < 1.29 is 4.79 Å². The van der Waals surface area contributed by atoms with Crippen LogP contribution in [0.5, 0.6) is 0 Å². The van der Waals surface area contributed by atoms with Crippen LogP contribution in [0.3, 0.4) is 0 Å². The third-order valence-corrected chi connectivity index (χ3v) is 2.10. The molecule has 2 N–H and O–H groups in total. The van der Waals surface area contributed by atoms with Gasteiger partial charge in [0.1, 0.15) is 5.78 Å². The van der Waals surface area contributed by atoms with E-state index < -0.39 is 0 Å². The summed E-state index contributed by atoms with van der Waals surface area (Å²) < 4.78 is 0. The first-order valence-corrected chi connectivity index (χ1v) is 4.86. The van der Waals surface area contributed by atoms with Gasteiger partial charge in [-0.05, 0) is 25.3 Å². The smallest absolute Gasteiger partial charge is 0.132 e. The molecule has 0 bridgehead atoms. The molecule has 2 heteroatoms. The van der Waals surface area contributed by atoms with Crippen LogP contribution in [0.1, 0.15) is 39.0 Å². The first-order chi connectivity index (χ1) is 6.20. The molecule has 0 fully saturated rings. The van der Waals surface area contributed by atoms with E-state index in [1.54, 1.807) is 0 Å². The van der Waals surface area contributed by atoms with Crippen molar-refractivity contribution in [2.45, 2.75) is 39.0 Å². The van der Waals surface area contributed by atoms with Gasteiger partial charge in [0, 0.05) is 19.3 Å². The van der Waals surface area contributed by atoms with Crippen LogP contribution in [-0.2, 0) is 4.79 Å². The second-order valence-electron chi connectivity index (χ2n) is 3.48. The summed E-state index contributed by atoms with van der Waals surface area (Å²) >= 11 is 0. The Hall–Kier alpha value is -0.810. The number of rotatable bonds is 7. The van der Waals surface area contributed by atoms with Gasteiger partial charge in [-0.25, -0.2) is 0 Å². The van der Waals surface area contributed by atoms with E-state index in [0.29, 0.717) is 37.5 Å². The number of unbranched alkanes of at least 4 members (excludes halogenated alkanes) is 1. The molecule has 0 aromatic rings. The fourth-order valence-electron chi connectivity index (χ4n) is 1.04. The average molecular weight is 181 g/mol. The maximum absolute atomic E-state index is 11.2. The van der Waals surface area contributed by atoms with Crippen molar-refractivity contribution in [3.05, 3.63) is 0 Å². The molecule has 74 valence electrons. The van der Waals surface area contributed by atoms with Gasteiger partial charge in [0.15, 0.2) is 0 Å². The molecule has 2 nitrogen and oxygen atoms in total. The van der Waals surface area contributed by atoms with E-state index in [-0.39, 0.29) is 0 Å². The highest BCUT2D eigenvalue weighted by molar-refractivity contribution is 5.78. The summed E-state index contributed by atoms with van der Waals surface area (Å²) in [7, 11) is 0. The van der Waals surface area contributed by atoms with Gasteiger partial charge in [0.25, 0.3) is 0 Å². The SMILES string of the molecule is C#CCCCC(=O)CCC(C)CN. The van der Waals surface area contributed by atoms with Crippen molar-refractivity contribution in [2.75, 3.05) is 6.54 Å². The second kappa shape index (κ2) is 7.82. The van der Waals surface area contributed by atoms with Gasteiger partial charge in [-0.15, -0.1) is 12.3 Å². The summed E-state index contributed by atoms with van der Waals surface area (Å²) in [4.78, 5) is 11.2. The molecule has 0 aliphatic rings. The molecule has 0 radical (unpaired) electrons. The molecule has 0 aromatic heterocycles.